The van der Waals surface area contributed by atoms with Gasteiger partial charge in [-0.2, -0.15) is 0 Å². The van der Waals surface area contributed by atoms with Gasteiger partial charge >= 0.3 is 5.97 Å². The van der Waals surface area contributed by atoms with E-state index in [1.807, 2.05) is 6.07 Å². The molecule has 1 N–H and O–H groups in total. The molecule has 2 heterocycles. The van der Waals surface area contributed by atoms with Crippen molar-refractivity contribution in [3.8, 4) is 0 Å². The number of ether oxygens (including phenoxy) is 1. The Balaban J connectivity index is 0.000000318. The van der Waals surface area contributed by atoms with Gasteiger partial charge in [0.05, 0.1) is 38.7 Å². The minimum Gasteiger partial charge on any atom is -0.726 e. The monoisotopic (exact) mass is 841 g/mol. The van der Waals surface area contributed by atoms with Gasteiger partial charge in [0.15, 0.2) is 0 Å². The maximum atomic E-state index is 12.9. The number of nitrogens with zero attached hydrogens (tertiary/aromatic N) is 2. The molecule has 2 aromatic carbocycles. The van der Waals surface area contributed by atoms with Crippen molar-refractivity contribution in [3.05, 3.63) is 94.0 Å². The zero-order valence-electron chi connectivity index (χ0n) is 35.4. The predicted octanol–water partition coefficient (Wildman–Crippen LogP) is 9.12. The second-order valence-corrected chi connectivity index (χ2v) is 18.1. The Kier molecular flexibility index (Phi) is 21.8. The number of β-lactam (4-membered cyclic amide) rings is 1. The first-order valence-electron chi connectivity index (χ1n) is 21.1. The van der Waals surface area contributed by atoms with Crippen LogP contribution in [0, 0.1) is 5.92 Å². The molecule has 58 heavy (non-hydrogen) atoms. The minimum absolute atomic E-state index is 0.00686. The number of rotatable bonds is 26. The number of hydrogen-bond acceptors (Lipinski definition) is 9. The molecule has 4 rings (SSSR count). The highest BCUT2D eigenvalue weighted by atomic mass is 32.3. The second-order valence-electron chi connectivity index (χ2n) is 16.1. The maximum Gasteiger partial charge on any atom is 0.356 e. The Morgan fingerprint density at radius 2 is 1.40 bits per heavy atom. The summed E-state index contributed by atoms with van der Waals surface area (Å²) in [5.41, 5.74) is 2.29. The van der Waals surface area contributed by atoms with Crippen LogP contribution in [0.4, 0.5) is 0 Å². The summed E-state index contributed by atoms with van der Waals surface area (Å²) in [6.07, 6.45) is 20.6. The summed E-state index contributed by atoms with van der Waals surface area (Å²) in [5.74, 6) is -2.40. The third-order valence-corrected chi connectivity index (χ3v) is 11.9. The lowest BCUT2D eigenvalue weighted by Gasteiger charge is -2.45. The smallest absolute Gasteiger partial charge is 0.356 e. The number of nitrogens with one attached hydrogen (secondary N) is 1. The van der Waals surface area contributed by atoms with Crippen molar-refractivity contribution in [3.63, 3.8) is 0 Å². The number of carbonyl (C=O) groups is 3. The van der Waals surface area contributed by atoms with E-state index in [0.29, 0.717) is 4.91 Å². The number of thioether (sulfide) groups is 1. The largest absolute Gasteiger partial charge is 0.726 e. The molecular weight excluding hydrogens is 775 g/mol. The summed E-state index contributed by atoms with van der Waals surface area (Å²) in [7, 11) is -0.247. The average molecular weight is 842 g/mol. The second kappa shape index (κ2) is 25.9. The molecule has 1 saturated heterocycles. The van der Waals surface area contributed by atoms with E-state index in [0.717, 1.165) is 28.4 Å². The molecule has 2 amide bonds. The zero-order valence-corrected chi connectivity index (χ0v) is 37.0. The van der Waals surface area contributed by atoms with Crippen molar-refractivity contribution < 1.29 is 40.8 Å². The fourth-order valence-corrected chi connectivity index (χ4v) is 8.86. The Bertz CT molecular complexity index is 1720. The van der Waals surface area contributed by atoms with Gasteiger partial charge in [-0.15, -0.1) is 0 Å². The van der Waals surface area contributed by atoms with Crippen molar-refractivity contribution in [2.24, 2.45) is 5.92 Å². The first-order valence-corrected chi connectivity index (χ1v) is 23.3. The number of amides is 2. The van der Waals surface area contributed by atoms with Gasteiger partial charge in [0.1, 0.15) is 18.8 Å². The van der Waals surface area contributed by atoms with E-state index >= 15 is 0 Å². The molecule has 0 spiro atoms. The SMILES string of the molecule is CC(=O)N/C=C/SC1=C(C(=O)OCc2ccccc2)N2C(=O)[C@@H]([C@H](C)OS(=O)(=O)[O-])[C@H]2C1.CCCCCCCCCCCCCCCC[N+](C)(C)Cc1ccccc1. The van der Waals surface area contributed by atoms with Crippen molar-refractivity contribution in [1.29, 1.82) is 0 Å². The molecule has 0 bridgehead atoms. The molecule has 2 aliphatic rings. The average Bonchev–Trinajstić information content (AvgIpc) is 3.49. The summed E-state index contributed by atoms with van der Waals surface area (Å²) in [6, 6.07) is 19.4. The summed E-state index contributed by atoms with van der Waals surface area (Å²) in [6.45, 7) is 7.42. The van der Waals surface area contributed by atoms with Crippen LogP contribution >= 0.6 is 11.8 Å². The highest BCUT2D eigenvalue weighted by Gasteiger charge is 2.57. The van der Waals surface area contributed by atoms with Crippen molar-refractivity contribution in [2.75, 3.05) is 20.6 Å². The third kappa shape index (κ3) is 18.2. The van der Waals surface area contributed by atoms with E-state index in [-0.39, 0.29) is 24.6 Å². The Morgan fingerprint density at radius 3 is 1.91 bits per heavy atom. The maximum absolute atomic E-state index is 12.9. The number of fused-ring (bicyclic) bond motifs is 1. The van der Waals surface area contributed by atoms with Crippen LogP contribution in [0.1, 0.15) is 128 Å². The summed E-state index contributed by atoms with van der Waals surface area (Å²) < 4.78 is 43.8. The first-order chi connectivity index (χ1) is 27.7. The molecule has 0 radical (unpaired) electrons. The van der Waals surface area contributed by atoms with Crippen molar-refractivity contribution >= 4 is 39.9 Å². The first kappa shape index (κ1) is 48.9. The molecule has 11 nitrogen and oxygen atoms in total. The van der Waals surface area contributed by atoms with Crippen molar-refractivity contribution in [1.82, 2.24) is 10.2 Å². The van der Waals surface area contributed by atoms with Gasteiger partial charge in [-0.1, -0.05) is 156 Å². The predicted molar refractivity (Wildman–Crippen MR) is 230 cm³/mol. The van der Waals surface area contributed by atoms with Gasteiger partial charge in [-0.05, 0) is 30.7 Å². The summed E-state index contributed by atoms with van der Waals surface area (Å²) >= 11 is 1.13. The lowest BCUT2D eigenvalue weighted by molar-refractivity contribution is -0.903. The molecule has 1 fully saturated rings. The van der Waals surface area contributed by atoms with Crippen LogP contribution < -0.4 is 5.32 Å². The van der Waals surface area contributed by atoms with Gasteiger partial charge in [0.25, 0.3) is 0 Å². The molecule has 13 heteroatoms. The van der Waals surface area contributed by atoms with Crippen LogP contribution in [-0.2, 0) is 46.9 Å². The lowest BCUT2D eigenvalue weighted by Crippen LogP contribution is -2.62. The molecule has 322 valence electrons. The van der Waals surface area contributed by atoms with Gasteiger partial charge in [0, 0.05) is 30.0 Å². The Morgan fingerprint density at radius 1 is 0.879 bits per heavy atom. The van der Waals surface area contributed by atoms with E-state index in [1.165, 1.54) is 127 Å². The zero-order chi connectivity index (χ0) is 42.4. The van der Waals surface area contributed by atoms with E-state index in [2.05, 4.69) is 60.9 Å². The van der Waals surface area contributed by atoms with E-state index in [9.17, 15) is 27.4 Å². The van der Waals surface area contributed by atoms with Gasteiger partial charge in [-0.3, -0.25) is 13.8 Å². The van der Waals surface area contributed by atoms with E-state index in [4.69, 9.17) is 4.74 Å². The summed E-state index contributed by atoms with van der Waals surface area (Å²) in [4.78, 5) is 38.4. The number of unbranched alkanes of at least 4 members (excludes halogenated alkanes) is 13. The normalized spacial score (nSPS) is 17.1. The van der Waals surface area contributed by atoms with Crippen molar-refractivity contribution in [2.45, 2.75) is 142 Å². The molecule has 2 aliphatic heterocycles. The molecular formula is C45H67N3O8S2. The molecule has 2 aromatic rings. The third-order valence-electron chi connectivity index (χ3n) is 10.5. The van der Waals surface area contributed by atoms with Gasteiger partial charge in [-0.25, -0.2) is 13.2 Å². The lowest BCUT2D eigenvalue weighted by atomic mass is 9.83. The van der Waals surface area contributed by atoms with E-state index < -0.39 is 40.3 Å². The fourth-order valence-electron chi connectivity index (χ4n) is 7.51. The van der Waals surface area contributed by atoms with Gasteiger partial charge < -0.3 is 24.0 Å². The van der Waals surface area contributed by atoms with Crippen LogP contribution in [0.25, 0.3) is 0 Å². The van der Waals surface area contributed by atoms with E-state index in [1.54, 1.807) is 29.7 Å². The van der Waals surface area contributed by atoms with Crippen LogP contribution in [0.15, 0.2) is 82.9 Å². The van der Waals surface area contributed by atoms with Crippen LogP contribution in [0.2, 0.25) is 0 Å². The number of benzene rings is 2. The summed E-state index contributed by atoms with van der Waals surface area (Å²) in [5, 5.41) is 4.03. The standard InChI is InChI=1S/C25H46N.C20H22N2O8S2/c1-4-5-6-7-8-9-10-11-12-13-14-15-16-20-23-26(2,3)24-25-21-18-17-19-22-25;1-12(30-32(26,27)28)17-15-10-16(31-9-8-21-13(2)23)18(22(15)19(17)24)20(25)29-11-14-6-4-3-5-7-14/h17-19,21-22H,4-16,20,23-24H2,1-3H3;3-9,12,15,17H,10-11H2,1-2H3,(H,21,23)(H,26,27,28)/q+1;/p-1/b;9-8+/t;12-,15+,17-/m.0/s1. The number of quaternary nitrogens is 1. The minimum atomic E-state index is -4.99. The quantitative estimate of drug-likeness (QED) is 0.0245. The molecule has 0 aromatic heterocycles. The molecule has 0 aliphatic carbocycles. The molecule has 3 atom stereocenters. The van der Waals surface area contributed by atoms with Crippen LogP contribution in [-0.4, -0.2) is 72.9 Å². The Labute approximate surface area is 352 Å². The number of esters is 1. The topological polar surface area (TPSA) is 142 Å². The molecule has 0 saturated carbocycles. The highest BCUT2D eigenvalue weighted by Crippen LogP contribution is 2.48. The fraction of sp³-hybridized carbons (Fsp3) is 0.578. The van der Waals surface area contributed by atoms with Gasteiger partial charge in [0.2, 0.25) is 22.2 Å². The van der Waals surface area contributed by atoms with Crippen LogP contribution in [0.3, 0.4) is 0 Å². The molecule has 0 unspecified atom stereocenters. The number of carbonyl (C=O) groups excluding carboxylic acids is 3. The van der Waals surface area contributed by atoms with Crippen LogP contribution in [0.5, 0.6) is 0 Å². The highest BCUT2D eigenvalue weighted by molar-refractivity contribution is 8.05. The number of hydrogen-bond donors (Lipinski definition) is 1. The Hall–Kier alpha value is -3.49.